The van der Waals surface area contributed by atoms with Gasteiger partial charge in [0.05, 0.1) is 36.4 Å². The van der Waals surface area contributed by atoms with Crippen molar-refractivity contribution in [3.8, 4) is 23.3 Å². The first-order valence-electron chi connectivity index (χ1n) is 9.17. The Hall–Kier alpha value is -4.23. The van der Waals surface area contributed by atoms with Gasteiger partial charge in [0.25, 0.3) is 10.0 Å². The Kier molecular flexibility index (Phi) is 5.12. The molecule has 0 aliphatic rings. The van der Waals surface area contributed by atoms with Crippen molar-refractivity contribution in [2.24, 2.45) is 0 Å². The third-order valence-electron chi connectivity index (χ3n) is 4.84. The second kappa shape index (κ2) is 7.79. The summed E-state index contributed by atoms with van der Waals surface area (Å²) in [6, 6.07) is 13.2. The predicted molar refractivity (Wildman–Crippen MR) is 117 cm³/mol. The molecule has 1 aromatic heterocycles. The van der Waals surface area contributed by atoms with Gasteiger partial charge in [0.15, 0.2) is 11.5 Å². The van der Waals surface area contributed by atoms with E-state index in [4.69, 9.17) is 19.2 Å². The van der Waals surface area contributed by atoms with Gasteiger partial charge in [-0.2, -0.15) is 5.26 Å². The van der Waals surface area contributed by atoms with Crippen molar-refractivity contribution < 1.29 is 27.4 Å². The van der Waals surface area contributed by atoms with E-state index in [0.29, 0.717) is 5.56 Å². The number of sulfonamides is 1. The summed E-state index contributed by atoms with van der Waals surface area (Å²) in [5.41, 5.74) is -0.240. The van der Waals surface area contributed by atoms with Gasteiger partial charge >= 0.3 is 0 Å². The van der Waals surface area contributed by atoms with Gasteiger partial charge in [0, 0.05) is 6.07 Å². The van der Waals surface area contributed by atoms with Crippen molar-refractivity contribution >= 4 is 37.6 Å². The Morgan fingerprint density at radius 1 is 1.03 bits per heavy atom. The number of benzene rings is 3. The summed E-state index contributed by atoms with van der Waals surface area (Å²) in [5.74, 6) is -0.567. The predicted octanol–water partition coefficient (Wildman–Crippen LogP) is 3.34. The van der Waals surface area contributed by atoms with E-state index in [0.717, 1.165) is 0 Å². The van der Waals surface area contributed by atoms with Crippen molar-refractivity contribution in [1.29, 1.82) is 5.26 Å². The van der Waals surface area contributed by atoms with Gasteiger partial charge in [-0.25, -0.2) is 8.42 Å². The Morgan fingerprint density at radius 3 is 2.38 bits per heavy atom. The smallest absolute Gasteiger partial charge is 0.262 e. The average Bonchev–Trinajstić information content (AvgIpc) is 2.78. The van der Waals surface area contributed by atoms with Gasteiger partial charge in [-0.05, 0) is 36.4 Å². The first-order chi connectivity index (χ1) is 15.3. The molecule has 1 heterocycles. The van der Waals surface area contributed by atoms with Gasteiger partial charge in [-0.3, -0.25) is 9.52 Å². The number of nitrogens with one attached hydrogen (secondary N) is 1. The normalized spacial score (nSPS) is 11.3. The van der Waals surface area contributed by atoms with Gasteiger partial charge in [-0.15, -0.1) is 0 Å². The molecule has 0 radical (unpaired) electrons. The maximum Gasteiger partial charge on any atom is 0.262 e. The second-order valence-electron chi connectivity index (χ2n) is 6.69. The van der Waals surface area contributed by atoms with Crippen LogP contribution in [0.4, 0.5) is 5.69 Å². The number of nitrogens with zero attached hydrogens (tertiary/aromatic N) is 1. The van der Waals surface area contributed by atoms with E-state index in [9.17, 15) is 18.3 Å². The summed E-state index contributed by atoms with van der Waals surface area (Å²) in [4.78, 5) is 13.0. The lowest BCUT2D eigenvalue weighted by molar-refractivity contribution is 0.378. The number of hydrogen-bond donors (Lipinski definition) is 2. The molecule has 0 saturated heterocycles. The third kappa shape index (κ3) is 3.34. The van der Waals surface area contributed by atoms with Gasteiger partial charge < -0.3 is 19.0 Å². The van der Waals surface area contributed by atoms with Crippen molar-refractivity contribution in [3.05, 3.63) is 64.3 Å². The minimum atomic E-state index is -4.11. The Balaban J connectivity index is 1.93. The second-order valence-corrected chi connectivity index (χ2v) is 8.37. The Morgan fingerprint density at radius 2 is 1.75 bits per heavy atom. The number of nitriles is 1. The van der Waals surface area contributed by atoms with Crippen molar-refractivity contribution in [3.63, 3.8) is 0 Å². The summed E-state index contributed by atoms with van der Waals surface area (Å²) in [6.07, 6.45) is 0. The first kappa shape index (κ1) is 21.0. The minimum absolute atomic E-state index is 0.0495. The highest BCUT2D eigenvalue weighted by Gasteiger charge is 2.24. The van der Waals surface area contributed by atoms with Crippen LogP contribution < -0.4 is 19.6 Å². The van der Waals surface area contributed by atoms with E-state index in [-0.39, 0.29) is 44.0 Å². The van der Waals surface area contributed by atoms with Crippen LogP contribution in [0.2, 0.25) is 0 Å². The molecule has 0 unspecified atom stereocenters. The zero-order valence-corrected chi connectivity index (χ0v) is 17.7. The van der Waals surface area contributed by atoms with Gasteiger partial charge in [-0.1, -0.05) is 6.07 Å². The fraction of sp³-hybridized carbons (Fsp3) is 0.0909. The summed E-state index contributed by atoms with van der Waals surface area (Å²) in [6.45, 7) is 0. The average molecular weight is 452 g/mol. The molecule has 0 spiro atoms. The number of fused-ring (bicyclic) bond motifs is 2. The van der Waals surface area contributed by atoms with E-state index in [1.54, 1.807) is 18.2 Å². The van der Waals surface area contributed by atoms with E-state index < -0.39 is 21.2 Å². The van der Waals surface area contributed by atoms with Crippen LogP contribution in [0.5, 0.6) is 17.2 Å². The molecule has 0 atom stereocenters. The highest BCUT2D eigenvalue weighted by atomic mass is 32.2. The highest BCUT2D eigenvalue weighted by Crippen LogP contribution is 2.42. The molecule has 0 bridgehead atoms. The van der Waals surface area contributed by atoms with Crippen LogP contribution in [0.1, 0.15) is 5.56 Å². The molecular formula is C22H16N2O7S. The Bertz CT molecular complexity index is 1570. The van der Waals surface area contributed by atoms with Gasteiger partial charge in [0.1, 0.15) is 27.7 Å². The van der Waals surface area contributed by atoms with E-state index in [2.05, 4.69) is 4.72 Å². The quantitative estimate of drug-likeness (QED) is 0.440. The van der Waals surface area contributed by atoms with Crippen LogP contribution in [0.25, 0.3) is 21.9 Å². The third-order valence-corrected chi connectivity index (χ3v) is 6.22. The first-order valence-corrected chi connectivity index (χ1v) is 10.7. The van der Waals surface area contributed by atoms with Crippen LogP contribution in [0, 0.1) is 11.3 Å². The molecule has 0 saturated carbocycles. The van der Waals surface area contributed by atoms with E-state index >= 15 is 0 Å². The molecule has 2 N–H and O–H groups in total. The largest absolute Gasteiger partial charge is 0.504 e. The zero-order valence-electron chi connectivity index (χ0n) is 16.9. The van der Waals surface area contributed by atoms with Crippen LogP contribution in [-0.2, 0) is 10.0 Å². The van der Waals surface area contributed by atoms with Crippen LogP contribution in [0.15, 0.2) is 62.6 Å². The molecule has 4 aromatic rings. The number of phenols is 1. The molecule has 32 heavy (non-hydrogen) atoms. The zero-order chi connectivity index (χ0) is 23.0. The highest BCUT2D eigenvalue weighted by molar-refractivity contribution is 7.92. The number of rotatable bonds is 5. The molecular weight excluding hydrogens is 436 g/mol. The number of methoxy groups -OCH3 is 2. The molecule has 0 amide bonds. The molecule has 3 aromatic carbocycles. The van der Waals surface area contributed by atoms with Crippen molar-refractivity contribution in [1.82, 2.24) is 0 Å². The van der Waals surface area contributed by atoms with E-state index in [1.165, 1.54) is 44.6 Å². The lowest BCUT2D eigenvalue weighted by atomic mass is 10.1. The molecule has 9 nitrogen and oxygen atoms in total. The summed E-state index contributed by atoms with van der Waals surface area (Å²) < 4.78 is 44.2. The number of aromatic hydroxyl groups is 1. The van der Waals surface area contributed by atoms with Gasteiger partial charge in [0.2, 0.25) is 5.43 Å². The minimum Gasteiger partial charge on any atom is -0.504 e. The SMILES string of the molecule is COc1c(NS(=O)(=O)c2ccc(C#N)cc2)cc2oc3cccc(OC)c3c(=O)c2c1O. The van der Waals surface area contributed by atoms with E-state index in [1.807, 2.05) is 6.07 Å². The Labute approximate surface area is 182 Å². The number of hydrogen-bond acceptors (Lipinski definition) is 8. The molecule has 4 rings (SSSR count). The number of phenolic OH excluding ortho intramolecular Hbond substituents is 1. The van der Waals surface area contributed by atoms with Crippen molar-refractivity contribution in [2.45, 2.75) is 4.90 Å². The summed E-state index contributed by atoms with van der Waals surface area (Å²) in [7, 11) is -1.48. The number of anilines is 1. The molecule has 0 aliphatic carbocycles. The van der Waals surface area contributed by atoms with Crippen LogP contribution in [0.3, 0.4) is 0 Å². The lowest BCUT2D eigenvalue weighted by Gasteiger charge is -2.15. The van der Waals surface area contributed by atoms with Crippen molar-refractivity contribution in [2.75, 3.05) is 18.9 Å². The standard InChI is InChI=1S/C22H16N2O7S/c1-29-15-4-3-5-16-18(15)20(25)19-17(31-16)10-14(22(30-2)21(19)26)24-32(27,28)13-8-6-12(11-23)7-9-13/h3-10,24,26H,1-2H3. The molecule has 0 aliphatic heterocycles. The number of ether oxygens (including phenoxy) is 2. The molecule has 10 heteroatoms. The van der Waals surface area contributed by atoms with Crippen LogP contribution in [-0.4, -0.2) is 27.7 Å². The monoisotopic (exact) mass is 452 g/mol. The molecule has 162 valence electrons. The maximum absolute atomic E-state index is 13.1. The summed E-state index contributed by atoms with van der Waals surface area (Å²) >= 11 is 0. The topological polar surface area (TPSA) is 139 Å². The summed E-state index contributed by atoms with van der Waals surface area (Å²) in [5, 5.41) is 19.6. The fourth-order valence-corrected chi connectivity index (χ4v) is 4.41. The molecule has 0 fully saturated rings. The fourth-order valence-electron chi connectivity index (χ4n) is 3.35. The lowest BCUT2D eigenvalue weighted by Crippen LogP contribution is -2.14. The maximum atomic E-state index is 13.1. The van der Waals surface area contributed by atoms with Crippen LogP contribution >= 0.6 is 0 Å².